The number of amides is 1. The fourth-order valence-corrected chi connectivity index (χ4v) is 2.05. The van der Waals surface area contributed by atoms with Crippen molar-refractivity contribution in [2.75, 3.05) is 38.2 Å². The van der Waals surface area contributed by atoms with E-state index >= 15 is 0 Å². The van der Waals surface area contributed by atoms with E-state index < -0.39 is 0 Å². The second-order valence-corrected chi connectivity index (χ2v) is 4.91. The summed E-state index contributed by atoms with van der Waals surface area (Å²) >= 11 is 4.83. The van der Waals surface area contributed by atoms with Crippen molar-refractivity contribution >= 4 is 28.8 Å². The second kappa shape index (κ2) is 7.16. The Kier molecular flexibility index (Phi) is 5.25. The summed E-state index contributed by atoms with van der Waals surface area (Å²) in [5.74, 6) is 0.147. The van der Waals surface area contributed by atoms with E-state index in [0.29, 0.717) is 45.0 Å². The molecule has 6 nitrogen and oxygen atoms in total. The molecule has 20 heavy (non-hydrogen) atoms. The number of hydrogen-bond donors (Lipinski definition) is 2. The molecule has 0 unspecified atom stereocenters. The van der Waals surface area contributed by atoms with Crippen LogP contribution >= 0.6 is 12.2 Å². The van der Waals surface area contributed by atoms with Crippen LogP contribution in [-0.2, 0) is 9.53 Å². The summed E-state index contributed by atoms with van der Waals surface area (Å²) < 4.78 is 5.22. The SMILES string of the molecule is NC(=S)c1ccc(NCCC(=O)N2CCOCC2)cn1. The van der Waals surface area contributed by atoms with Gasteiger partial charge in [0.2, 0.25) is 5.91 Å². The number of hydrogen-bond acceptors (Lipinski definition) is 5. The average Bonchev–Trinajstić information content (AvgIpc) is 2.48. The Hall–Kier alpha value is -1.73. The standard InChI is InChI=1S/C13H18N4O2S/c14-13(20)11-2-1-10(9-16-11)15-4-3-12(18)17-5-7-19-8-6-17/h1-2,9,15H,3-8H2,(H2,14,20). The zero-order valence-corrected chi connectivity index (χ0v) is 12.0. The molecular weight excluding hydrogens is 276 g/mol. The number of ether oxygens (including phenoxy) is 1. The van der Waals surface area contributed by atoms with E-state index in [0.717, 1.165) is 5.69 Å². The normalized spacial score (nSPS) is 14.9. The van der Waals surface area contributed by atoms with Crippen molar-refractivity contribution in [3.8, 4) is 0 Å². The van der Waals surface area contributed by atoms with Gasteiger partial charge in [0.05, 0.1) is 30.8 Å². The molecule has 2 heterocycles. The number of nitrogens with two attached hydrogens (primary N) is 1. The van der Waals surface area contributed by atoms with Crippen molar-refractivity contribution in [1.82, 2.24) is 9.88 Å². The van der Waals surface area contributed by atoms with Gasteiger partial charge in [-0.15, -0.1) is 0 Å². The lowest BCUT2D eigenvalue weighted by molar-refractivity contribution is -0.134. The fraction of sp³-hybridized carbons (Fsp3) is 0.462. The Morgan fingerprint density at radius 3 is 2.80 bits per heavy atom. The zero-order valence-electron chi connectivity index (χ0n) is 11.2. The summed E-state index contributed by atoms with van der Waals surface area (Å²) in [5.41, 5.74) is 6.91. The monoisotopic (exact) mass is 294 g/mol. The van der Waals surface area contributed by atoms with Gasteiger partial charge < -0.3 is 20.7 Å². The number of rotatable bonds is 5. The van der Waals surface area contributed by atoms with Crippen LogP contribution in [-0.4, -0.2) is 53.6 Å². The minimum Gasteiger partial charge on any atom is -0.388 e. The lowest BCUT2D eigenvalue weighted by Gasteiger charge is -2.26. The second-order valence-electron chi connectivity index (χ2n) is 4.47. The number of carbonyl (C=O) groups excluding carboxylic acids is 1. The zero-order chi connectivity index (χ0) is 14.4. The highest BCUT2D eigenvalue weighted by atomic mass is 32.1. The predicted octanol–water partition coefficient (Wildman–Crippen LogP) is 0.377. The first kappa shape index (κ1) is 14.7. The van der Waals surface area contributed by atoms with E-state index in [1.54, 1.807) is 12.3 Å². The Balaban J connectivity index is 1.74. The summed E-state index contributed by atoms with van der Waals surface area (Å²) in [5, 5.41) is 3.16. The van der Waals surface area contributed by atoms with Crippen LogP contribution in [0.15, 0.2) is 18.3 Å². The number of thiocarbonyl (C=S) groups is 1. The van der Waals surface area contributed by atoms with E-state index in [1.165, 1.54) is 0 Å². The molecule has 7 heteroatoms. The Morgan fingerprint density at radius 1 is 1.45 bits per heavy atom. The summed E-state index contributed by atoms with van der Waals surface area (Å²) in [7, 11) is 0. The number of nitrogens with zero attached hydrogens (tertiary/aromatic N) is 2. The molecule has 0 saturated carbocycles. The van der Waals surface area contributed by atoms with E-state index in [9.17, 15) is 4.79 Å². The first-order valence-electron chi connectivity index (χ1n) is 6.52. The van der Waals surface area contributed by atoms with Gasteiger partial charge >= 0.3 is 0 Å². The van der Waals surface area contributed by atoms with Crippen molar-refractivity contribution in [3.63, 3.8) is 0 Å². The van der Waals surface area contributed by atoms with Gasteiger partial charge in [0.25, 0.3) is 0 Å². The van der Waals surface area contributed by atoms with E-state index in [-0.39, 0.29) is 10.9 Å². The Morgan fingerprint density at radius 2 is 2.20 bits per heavy atom. The Labute approximate surface area is 123 Å². The molecule has 0 bridgehead atoms. The highest BCUT2D eigenvalue weighted by Gasteiger charge is 2.15. The van der Waals surface area contributed by atoms with Crippen LogP contribution in [0.25, 0.3) is 0 Å². The molecule has 1 saturated heterocycles. The van der Waals surface area contributed by atoms with Crippen molar-refractivity contribution in [2.45, 2.75) is 6.42 Å². The molecule has 0 spiro atoms. The van der Waals surface area contributed by atoms with Gasteiger partial charge in [-0.1, -0.05) is 12.2 Å². The molecule has 3 N–H and O–H groups in total. The number of carbonyl (C=O) groups is 1. The van der Waals surface area contributed by atoms with Crippen LogP contribution in [0.1, 0.15) is 12.1 Å². The number of pyridine rings is 1. The van der Waals surface area contributed by atoms with Crippen LogP contribution in [0.4, 0.5) is 5.69 Å². The highest BCUT2D eigenvalue weighted by molar-refractivity contribution is 7.80. The topological polar surface area (TPSA) is 80.5 Å². The van der Waals surface area contributed by atoms with Crippen molar-refractivity contribution in [1.29, 1.82) is 0 Å². The maximum Gasteiger partial charge on any atom is 0.224 e. The molecule has 0 aromatic carbocycles. The van der Waals surface area contributed by atoms with E-state index in [2.05, 4.69) is 10.3 Å². The number of anilines is 1. The van der Waals surface area contributed by atoms with Crippen molar-refractivity contribution < 1.29 is 9.53 Å². The molecule has 108 valence electrons. The van der Waals surface area contributed by atoms with E-state index in [4.69, 9.17) is 22.7 Å². The maximum atomic E-state index is 11.9. The lowest BCUT2D eigenvalue weighted by atomic mass is 10.3. The number of aromatic nitrogens is 1. The van der Waals surface area contributed by atoms with Gasteiger partial charge in [0, 0.05) is 26.1 Å². The largest absolute Gasteiger partial charge is 0.388 e. The van der Waals surface area contributed by atoms with Gasteiger partial charge in [-0.2, -0.15) is 0 Å². The average molecular weight is 294 g/mol. The molecule has 0 aliphatic carbocycles. The van der Waals surface area contributed by atoms with Gasteiger partial charge in [0.1, 0.15) is 4.99 Å². The van der Waals surface area contributed by atoms with E-state index in [1.807, 2.05) is 11.0 Å². The third-order valence-electron chi connectivity index (χ3n) is 3.05. The summed E-state index contributed by atoms with van der Waals surface area (Å²) in [6.45, 7) is 3.20. The molecule has 1 amide bonds. The number of morpholine rings is 1. The van der Waals surface area contributed by atoms with Gasteiger partial charge in [0.15, 0.2) is 0 Å². The third-order valence-corrected chi connectivity index (χ3v) is 3.26. The minimum absolute atomic E-state index is 0.147. The first-order valence-corrected chi connectivity index (χ1v) is 6.93. The highest BCUT2D eigenvalue weighted by Crippen LogP contribution is 2.07. The summed E-state index contributed by atoms with van der Waals surface area (Å²) in [6, 6.07) is 3.61. The number of nitrogens with one attached hydrogen (secondary N) is 1. The van der Waals surface area contributed by atoms with Crippen LogP contribution < -0.4 is 11.1 Å². The van der Waals surface area contributed by atoms with Crippen LogP contribution in [0.5, 0.6) is 0 Å². The molecule has 1 aromatic heterocycles. The molecule has 0 radical (unpaired) electrons. The first-order chi connectivity index (χ1) is 9.66. The van der Waals surface area contributed by atoms with Gasteiger partial charge in [-0.05, 0) is 12.1 Å². The van der Waals surface area contributed by atoms with Crippen LogP contribution in [0, 0.1) is 0 Å². The van der Waals surface area contributed by atoms with Gasteiger partial charge in [-0.3, -0.25) is 9.78 Å². The predicted molar refractivity (Wildman–Crippen MR) is 80.6 cm³/mol. The third kappa shape index (κ3) is 4.14. The maximum absolute atomic E-state index is 11.9. The summed E-state index contributed by atoms with van der Waals surface area (Å²) in [6.07, 6.45) is 2.12. The quantitative estimate of drug-likeness (QED) is 0.764. The molecule has 1 fully saturated rings. The molecular formula is C13H18N4O2S. The summed E-state index contributed by atoms with van der Waals surface area (Å²) in [4.78, 5) is 18.1. The molecule has 0 atom stereocenters. The molecule has 2 rings (SSSR count). The van der Waals surface area contributed by atoms with Crippen LogP contribution in [0.3, 0.4) is 0 Å². The molecule has 1 aliphatic heterocycles. The lowest BCUT2D eigenvalue weighted by Crippen LogP contribution is -2.41. The van der Waals surface area contributed by atoms with Crippen molar-refractivity contribution in [2.24, 2.45) is 5.73 Å². The minimum atomic E-state index is 0.147. The van der Waals surface area contributed by atoms with Crippen molar-refractivity contribution in [3.05, 3.63) is 24.0 Å². The molecule has 1 aliphatic rings. The molecule has 1 aromatic rings. The van der Waals surface area contributed by atoms with Gasteiger partial charge in [-0.25, -0.2) is 0 Å². The fourth-order valence-electron chi connectivity index (χ4n) is 1.93. The van der Waals surface area contributed by atoms with Crippen LogP contribution in [0.2, 0.25) is 0 Å². The Bertz CT molecular complexity index is 472. The smallest absolute Gasteiger partial charge is 0.224 e.